The molecule has 1 aliphatic rings. The Morgan fingerprint density at radius 2 is 2.11 bits per heavy atom. The van der Waals surface area contributed by atoms with Crippen LogP contribution in [0.3, 0.4) is 0 Å². The van der Waals surface area contributed by atoms with Gasteiger partial charge in [0.05, 0.1) is 17.4 Å². The summed E-state index contributed by atoms with van der Waals surface area (Å²) in [5.41, 5.74) is -1.37. The summed E-state index contributed by atoms with van der Waals surface area (Å²) in [5, 5.41) is 12.1. The van der Waals surface area contributed by atoms with Crippen LogP contribution in [0.1, 0.15) is 46.5 Å². The van der Waals surface area contributed by atoms with Gasteiger partial charge in [-0.05, 0) is 33.6 Å². The maximum atomic E-state index is 11.9. The second-order valence-electron chi connectivity index (χ2n) is 5.88. The molecule has 18 heavy (non-hydrogen) atoms. The molecule has 2 atom stereocenters. The van der Waals surface area contributed by atoms with E-state index in [-0.39, 0.29) is 18.4 Å². The van der Waals surface area contributed by atoms with E-state index in [1.165, 1.54) is 0 Å². The quantitative estimate of drug-likeness (QED) is 0.783. The van der Waals surface area contributed by atoms with Gasteiger partial charge in [0.25, 0.3) is 0 Å². The molecule has 0 bridgehead atoms. The van der Waals surface area contributed by atoms with Gasteiger partial charge in [0.15, 0.2) is 0 Å². The molecule has 1 aliphatic carbocycles. The first kappa shape index (κ1) is 15.0. The van der Waals surface area contributed by atoms with Gasteiger partial charge in [-0.25, -0.2) is 0 Å². The highest BCUT2D eigenvalue weighted by Crippen LogP contribution is 2.38. The van der Waals surface area contributed by atoms with Crippen molar-refractivity contribution in [2.45, 2.75) is 58.1 Å². The number of amides is 1. The number of carbonyl (C=O) groups excluding carboxylic acids is 1. The molecule has 1 saturated carbocycles. The third-order valence-corrected chi connectivity index (χ3v) is 3.92. The van der Waals surface area contributed by atoms with Crippen LogP contribution >= 0.6 is 0 Å². The van der Waals surface area contributed by atoms with Crippen LogP contribution < -0.4 is 5.32 Å². The molecule has 0 aromatic carbocycles. The van der Waals surface area contributed by atoms with Gasteiger partial charge >= 0.3 is 5.97 Å². The lowest BCUT2D eigenvalue weighted by Gasteiger charge is -2.29. The van der Waals surface area contributed by atoms with Crippen LogP contribution in [0.25, 0.3) is 0 Å². The topological polar surface area (TPSA) is 75.6 Å². The molecule has 1 amide bonds. The molecule has 0 heterocycles. The summed E-state index contributed by atoms with van der Waals surface area (Å²) in [6, 6.07) is -0.282. The van der Waals surface area contributed by atoms with Crippen LogP contribution in [-0.2, 0) is 14.3 Å². The number of rotatable bonds is 5. The van der Waals surface area contributed by atoms with E-state index in [2.05, 4.69) is 5.32 Å². The van der Waals surface area contributed by atoms with Crippen LogP contribution in [-0.4, -0.2) is 35.7 Å². The zero-order chi connectivity index (χ0) is 14.0. The summed E-state index contributed by atoms with van der Waals surface area (Å²) >= 11 is 0. The average Bonchev–Trinajstić information content (AvgIpc) is 2.61. The van der Waals surface area contributed by atoms with Crippen molar-refractivity contribution < 1.29 is 19.4 Å². The monoisotopic (exact) mass is 257 g/mol. The Hall–Kier alpha value is -1.10. The molecule has 0 radical (unpaired) electrons. The van der Waals surface area contributed by atoms with Crippen LogP contribution in [0.4, 0.5) is 0 Å². The Bertz CT molecular complexity index is 340. The fourth-order valence-electron chi connectivity index (χ4n) is 2.36. The van der Waals surface area contributed by atoms with Crippen LogP contribution in [0, 0.1) is 5.41 Å². The van der Waals surface area contributed by atoms with E-state index in [9.17, 15) is 14.7 Å². The lowest BCUT2D eigenvalue weighted by molar-refractivity contribution is -0.149. The smallest absolute Gasteiger partial charge is 0.311 e. The summed E-state index contributed by atoms with van der Waals surface area (Å²) in [6.45, 7) is 5.37. The molecular weight excluding hydrogens is 234 g/mol. The summed E-state index contributed by atoms with van der Waals surface area (Å²) in [6.07, 6.45) is 2.40. The van der Waals surface area contributed by atoms with E-state index in [0.717, 1.165) is 12.8 Å². The highest BCUT2D eigenvalue weighted by molar-refractivity contribution is 5.80. The molecule has 5 nitrogen and oxygen atoms in total. The molecule has 5 heteroatoms. The zero-order valence-electron chi connectivity index (χ0n) is 11.6. The summed E-state index contributed by atoms with van der Waals surface area (Å²) in [4.78, 5) is 23.2. The zero-order valence-corrected chi connectivity index (χ0v) is 11.6. The molecule has 104 valence electrons. The van der Waals surface area contributed by atoms with Gasteiger partial charge in [0.1, 0.15) is 0 Å². The molecule has 0 saturated heterocycles. The van der Waals surface area contributed by atoms with Gasteiger partial charge in [-0.3, -0.25) is 9.59 Å². The standard InChI is InChI=1S/C13H23NO4/c1-12(2,18-4)8-10(15)14-9-6-5-7-13(9,3)11(16)17/h9H,5-8H2,1-4H3,(H,14,15)(H,16,17). The highest BCUT2D eigenvalue weighted by atomic mass is 16.5. The normalized spacial score (nSPS) is 28.1. The van der Waals surface area contributed by atoms with Crippen molar-refractivity contribution in [1.29, 1.82) is 0 Å². The van der Waals surface area contributed by atoms with E-state index < -0.39 is 17.0 Å². The van der Waals surface area contributed by atoms with E-state index in [1.807, 2.05) is 13.8 Å². The third-order valence-electron chi connectivity index (χ3n) is 3.92. The van der Waals surface area contributed by atoms with Gasteiger partial charge in [-0.15, -0.1) is 0 Å². The first-order valence-electron chi connectivity index (χ1n) is 6.29. The van der Waals surface area contributed by atoms with Crippen molar-refractivity contribution in [2.24, 2.45) is 5.41 Å². The molecule has 0 aromatic heterocycles. The minimum Gasteiger partial charge on any atom is -0.481 e. The molecule has 0 aromatic rings. The Kier molecular flexibility index (Phi) is 4.37. The van der Waals surface area contributed by atoms with Gasteiger partial charge in [-0.1, -0.05) is 6.42 Å². The lowest BCUT2D eigenvalue weighted by atomic mass is 9.84. The summed E-state index contributed by atoms with van der Waals surface area (Å²) < 4.78 is 5.20. The minimum atomic E-state index is -0.840. The van der Waals surface area contributed by atoms with Gasteiger partial charge in [-0.2, -0.15) is 0 Å². The van der Waals surface area contributed by atoms with Crippen molar-refractivity contribution in [3.63, 3.8) is 0 Å². The molecule has 1 fully saturated rings. The molecule has 2 N–H and O–H groups in total. The van der Waals surface area contributed by atoms with Crippen molar-refractivity contribution in [1.82, 2.24) is 5.32 Å². The van der Waals surface area contributed by atoms with Crippen molar-refractivity contribution in [2.75, 3.05) is 7.11 Å². The molecule has 0 spiro atoms. The second-order valence-corrected chi connectivity index (χ2v) is 5.88. The Labute approximate surface area is 108 Å². The third kappa shape index (κ3) is 3.22. The van der Waals surface area contributed by atoms with Gasteiger partial charge in [0, 0.05) is 13.2 Å². The number of carboxylic acid groups (broad SMARTS) is 1. The SMILES string of the molecule is COC(C)(C)CC(=O)NC1CCCC1(C)C(=O)O. The van der Waals surface area contributed by atoms with Crippen molar-refractivity contribution in [3.05, 3.63) is 0 Å². The largest absolute Gasteiger partial charge is 0.481 e. The lowest BCUT2D eigenvalue weighted by Crippen LogP contribution is -2.48. The number of nitrogens with one attached hydrogen (secondary N) is 1. The van der Waals surface area contributed by atoms with E-state index in [4.69, 9.17) is 4.74 Å². The molecule has 0 aliphatic heterocycles. The number of ether oxygens (including phenoxy) is 1. The van der Waals surface area contributed by atoms with E-state index in [0.29, 0.717) is 6.42 Å². The molecule has 2 unspecified atom stereocenters. The summed E-state index contributed by atoms with van der Waals surface area (Å²) in [7, 11) is 1.56. The van der Waals surface area contributed by atoms with Crippen molar-refractivity contribution >= 4 is 11.9 Å². The number of carbonyl (C=O) groups is 2. The first-order valence-corrected chi connectivity index (χ1v) is 6.29. The maximum absolute atomic E-state index is 11.9. The van der Waals surface area contributed by atoms with Gasteiger partial charge in [0.2, 0.25) is 5.91 Å². The number of aliphatic carboxylic acids is 1. The highest BCUT2D eigenvalue weighted by Gasteiger charge is 2.46. The number of hydrogen-bond donors (Lipinski definition) is 2. The second kappa shape index (κ2) is 5.26. The fourth-order valence-corrected chi connectivity index (χ4v) is 2.36. The van der Waals surface area contributed by atoms with Crippen LogP contribution in [0.15, 0.2) is 0 Å². The number of methoxy groups -OCH3 is 1. The first-order chi connectivity index (χ1) is 8.21. The maximum Gasteiger partial charge on any atom is 0.311 e. The number of carboxylic acids is 1. The Morgan fingerprint density at radius 3 is 2.61 bits per heavy atom. The van der Waals surface area contributed by atoms with E-state index >= 15 is 0 Å². The predicted octanol–water partition coefficient (Wildman–Crippen LogP) is 1.56. The molecular formula is C13H23NO4. The van der Waals surface area contributed by atoms with Crippen LogP contribution in [0.5, 0.6) is 0 Å². The van der Waals surface area contributed by atoms with Gasteiger partial charge < -0.3 is 15.2 Å². The molecule has 1 rings (SSSR count). The predicted molar refractivity (Wildman–Crippen MR) is 67.2 cm³/mol. The van der Waals surface area contributed by atoms with E-state index in [1.54, 1.807) is 14.0 Å². The van der Waals surface area contributed by atoms with Crippen molar-refractivity contribution in [3.8, 4) is 0 Å². The minimum absolute atomic E-state index is 0.152. The number of hydrogen-bond acceptors (Lipinski definition) is 3. The average molecular weight is 257 g/mol. The Balaban J connectivity index is 2.62. The summed E-state index contributed by atoms with van der Waals surface area (Å²) in [5.74, 6) is -0.988. The Morgan fingerprint density at radius 1 is 1.50 bits per heavy atom. The fraction of sp³-hybridized carbons (Fsp3) is 0.846. The van der Waals surface area contributed by atoms with Crippen LogP contribution in [0.2, 0.25) is 0 Å².